The first-order chi connectivity index (χ1) is 11.8. The number of nitrogens with zero attached hydrogens (tertiary/aromatic N) is 2. The van der Waals surface area contributed by atoms with Crippen LogP contribution < -0.4 is 0 Å². The maximum Gasteiger partial charge on any atom is 0.244 e. The number of rotatable bonds is 4. The van der Waals surface area contributed by atoms with Gasteiger partial charge in [0.25, 0.3) is 0 Å². The van der Waals surface area contributed by atoms with Crippen LogP contribution in [0.25, 0.3) is 11.0 Å². The van der Waals surface area contributed by atoms with E-state index in [0.29, 0.717) is 15.8 Å². The molecular weight excluding hydrogens is 404 g/mol. The van der Waals surface area contributed by atoms with Crippen molar-refractivity contribution in [3.8, 4) is 6.07 Å². The molecule has 0 radical (unpaired) electrons. The summed E-state index contributed by atoms with van der Waals surface area (Å²) in [7, 11) is -2.39. The molecule has 0 amide bonds. The first-order valence-corrected chi connectivity index (χ1v) is 9.74. The number of hydrogen-bond acceptors (Lipinski definition) is 4. The van der Waals surface area contributed by atoms with Gasteiger partial charge < -0.3 is 4.42 Å². The number of fused-ring (bicyclic) bond motifs is 1. The van der Waals surface area contributed by atoms with Gasteiger partial charge in [0, 0.05) is 16.9 Å². The number of halogens is 1. The van der Waals surface area contributed by atoms with Gasteiger partial charge in [0.2, 0.25) is 10.0 Å². The molecule has 2 aromatic carbocycles. The van der Waals surface area contributed by atoms with E-state index in [-0.39, 0.29) is 10.5 Å². The van der Waals surface area contributed by atoms with E-state index in [1.54, 1.807) is 13.0 Å². The van der Waals surface area contributed by atoms with E-state index >= 15 is 0 Å². The number of benzene rings is 2. The second kappa shape index (κ2) is 6.64. The Balaban J connectivity index is 2.02. The van der Waals surface area contributed by atoms with Crippen molar-refractivity contribution in [2.75, 3.05) is 7.05 Å². The van der Waals surface area contributed by atoms with Crippen molar-refractivity contribution in [3.05, 3.63) is 64.3 Å². The van der Waals surface area contributed by atoms with Crippen LogP contribution in [-0.4, -0.2) is 19.8 Å². The average Bonchev–Trinajstić information content (AvgIpc) is 3.04. The standard InChI is InChI=1S/C18H15BrN2O3S/c1-12(17-9-13-5-3-4-6-16(13)24-17)21(2)25(22,23)18-10-15(19)8-7-14(18)11-20/h3-10,12H,1-2H3. The molecule has 0 fully saturated rings. The third-order valence-corrected chi connectivity index (χ3v) is 6.58. The first-order valence-electron chi connectivity index (χ1n) is 7.51. The Kier molecular flexibility index (Phi) is 4.69. The van der Waals surface area contributed by atoms with E-state index in [2.05, 4.69) is 15.9 Å². The number of furan rings is 1. The minimum Gasteiger partial charge on any atom is -0.459 e. The zero-order valence-corrected chi connectivity index (χ0v) is 16.0. The van der Waals surface area contributed by atoms with Crippen LogP contribution in [0.4, 0.5) is 0 Å². The second-order valence-corrected chi connectivity index (χ2v) is 8.52. The molecule has 3 aromatic rings. The van der Waals surface area contributed by atoms with Crippen molar-refractivity contribution in [1.29, 1.82) is 5.26 Å². The maximum absolute atomic E-state index is 13.0. The van der Waals surface area contributed by atoms with E-state index in [1.807, 2.05) is 36.4 Å². The molecule has 1 atom stereocenters. The Hall–Kier alpha value is -2.14. The summed E-state index contributed by atoms with van der Waals surface area (Å²) in [5.74, 6) is 0.542. The number of sulfonamides is 1. The fourth-order valence-corrected chi connectivity index (χ4v) is 4.56. The van der Waals surface area contributed by atoms with Crippen LogP contribution >= 0.6 is 15.9 Å². The SMILES string of the molecule is CC(c1cc2ccccc2o1)N(C)S(=O)(=O)c1cc(Br)ccc1C#N. The topological polar surface area (TPSA) is 74.3 Å². The molecule has 0 saturated carbocycles. The molecule has 1 unspecified atom stereocenters. The molecule has 0 aliphatic rings. The molecule has 0 N–H and O–H groups in total. The van der Waals surface area contributed by atoms with Gasteiger partial charge in [0.1, 0.15) is 22.3 Å². The van der Waals surface area contributed by atoms with Crippen LogP contribution in [0.15, 0.2) is 62.3 Å². The number of hydrogen-bond donors (Lipinski definition) is 0. The average molecular weight is 419 g/mol. The zero-order chi connectivity index (χ0) is 18.2. The van der Waals surface area contributed by atoms with Crippen molar-refractivity contribution in [3.63, 3.8) is 0 Å². The quantitative estimate of drug-likeness (QED) is 0.626. The fourth-order valence-electron chi connectivity index (χ4n) is 2.55. The molecule has 1 heterocycles. The summed E-state index contributed by atoms with van der Waals surface area (Å²) in [6.45, 7) is 1.75. The van der Waals surface area contributed by atoms with Crippen LogP contribution in [0.3, 0.4) is 0 Å². The molecule has 0 aliphatic heterocycles. The Morgan fingerprint density at radius 2 is 1.92 bits per heavy atom. The van der Waals surface area contributed by atoms with Crippen molar-refractivity contribution in [2.45, 2.75) is 17.9 Å². The molecule has 0 bridgehead atoms. The molecule has 5 nitrogen and oxygen atoms in total. The molecule has 25 heavy (non-hydrogen) atoms. The lowest BCUT2D eigenvalue weighted by atomic mass is 10.2. The lowest BCUT2D eigenvalue weighted by Gasteiger charge is -2.23. The van der Waals surface area contributed by atoms with Gasteiger partial charge in [-0.1, -0.05) is 34.1 Å². The monoisotopic (exact) mass is 418 g/mol. The minimum absolute atomic E-state index is 0.0326. The van der Waals surface area contributed by atoms with Crippen LogP contribution in [0.1, 0.15) is 24.3 Å². The summed E-state index contributed by atoms with van der Waals surface area (Å²) in [6, 6.07) is 15.3. The van der Waals surface area contributed by atoms with E-state index in [9.17, 15) is 13.7 Å². The second-order valence-electron chi connectivity index (χ2n) is 5.64. The summed E-state index contributed by atoms with van der Waals surface area (Å²) in [6.07, 6.45) is 0. The number of para-hydroxylation sites is 1. The van der Waals surface area contributed by atoms with Crippen molar-refractivity contribution in [1.82, 2.24) is 4.31 Å². The Morgan fingerprint density at radius 3 is 2.60 bits per heavy atom. The molecule has 3 rings (SSSR count). The molecule has 0 aliphatic carbocycles. The highest BCUT2D eigenvalue weighted by Crippen LogP contribution is 2.31. The van der Waals surface area contributed by atoms with E-state index in [1.165, 1.54) is 23.5 Å². The molecule has 0 saturated heterocycles. The van der Waals surface area contributed by atoms with Crippen molar-refractivity contribution in [2.24, 2.45) is 0 Å². The zero-order valence-electron chi connectivity index (χ0n) is 13.6. The molecule has 7 heteroatoms. The largest absolute Gasteiger partial charge is 0.459 e. The third kappa shape index (κ3) is 3.21. The highest BCUT2D eigenvalue weighted by atomic mass is 79.9. The number of nitriles is 1. The maximum atomic E-state index is 13.0. The Labute approximate surface area is 154 Å². The summed E-state index contributed by atoms with van der Waals surface area (Å²) in [5, 5.41) is 10.2. The third-order valence-electron chi connectivity index (χ3n) is 4.12. The van der Waals surface area contributed by atoms with Crippen LogP contribution in [-0.2, 0) is 10.0 Å². The van der Waals surface area contributed by atoms with Gasteiger partial charge >= 0.3 is 0 Å². The lowest BCUT2D eigenvalue weighted by molar-refractivity contribution is 0.348. The van der Waals surface area contributed by atoms with Crippen LogP contribution in [0, 0.1) is 11.3 Å². The van der Waals surface area contributed by atoms with Gasteiger partial charge in [0.15, 0.2) is 0 Å². The van der Waals surface area contributed by atoms with Crippen molar-refractivity contribution < 1.29 is 12.8 Å². The van der Waals surface area contributed by atoms with Crippen LogP contribution in [0.5, 0.6) is 0 Å². The van der Waals surface area contributed by atoms with Gasteiger partial charge in [-0.3, -0.25) is 0 Å². The van der Waals surface area contributed by atoms with Crippen LogP contribution in [0.2, 0.25) is 0 Å². The molecule has 128 valence electrons. The van der Waals surface area contributed by atoms with Gasteiger partial charge in [-0.05, 0) is 37.3 Å². The van der Waals surface area contributed by atoms with E-state index < -0.39 is 16.1 Å². The van der Waals surface area contributed by atoms with Crippen molar-refractivity contribution >= 4 is 36.9 Å². The Bertz CT molecular complexity index is 1050. The summed E-state index contributed by atoms with van der Waals surface area (Å²) in [5.41, 5.74) is 0.808. The normalized spacial score (nSPS) is 13.1. The highest BCUT2D eigenvalue weighted by molar-refractivity contribution is 9.10. The summed E-state index contributed by atoms with van der Waals surface area (Å²) in [4.78, 5) is -0.0326. The summed E-state index contributed by atoms with van der Waals surface area (Å²) < 4.78 is 33.6. The lowest BCUT2D eigenvalue weighted by Crippen LogP contribution is -2.30. The van der Waals surface area contributed by atoms with Gasteiger partial charge in [-0.25, -0.2) is 8.42 Å². The predicted octanol–water partition coefficient (Wildman–Crippen LogP) is 4.45. The molecular formula is C18H15BrN2O3S. The summed E-state index contributed by atoms with van der Waals surface area (Å²) >= 11 is 3.26. The molecule has 1 aromatic heterocycles. The van der Waals surface area contributed by atoms with E-state index in [4.69, 9.17) is 4.42 Å². The van der Waals surface area contributed by atoms with Gasteiger partial charge in [-0.15, -0.1) is 0 Å². The van der Waals surface area contributed by atoms with E-state index in [0.717, 1.165) is 5.39 Å². The first kappa shape index (κ1) is 17.7. The predicted molar refractivity (Wildman–Crippen MR) is 98.4 cm³/mol. The highest BCUT2D eigenvalue weighted by Gasteiger charge is 2.30. The molecule has 0 spiro atoms. The fraction of sp³-hybridized carbons (Fsp3) is 0.167. The van der Waals surface area contributed by atoms with Gasteiger partial charge in [-0.2, -0.15) is 9.57 Å². The minimum atomic E-state index is -3.87. The van der Waals surface area contributed by atoms with Gasteiger partial charge in [0.05, 0.1) is 11.6 Å². The smallest absolute Gasteiger partial charge is 0.244 e. The Morgan fingerprint density at radius 1 is 1.20 bits per heavy atom.